The summed E-state index contributed by atoms with van der Waals surface area (Å²) >= 11 is 1.61. The molecule has 1 saturated heterocycles. The molecule has 1 heterocycles. The van der Waals surface area contributed by atoms with Crippen molar-refractivity contribution >= 4 is 35.4 Å². The number of anilines is 1. The van der Waals surface area contributed by atoms with Gasteiger partial charge in [-0.05, 0) is 97.7 Å². The summed E-state index contributed by atoms with van der Waals surface area (Å²) in [4.78, 5) is 36.4. The summed E-state index contributed by atoms with van der Waals surface area (Å²) in [5, 5.41) is 40.0. The van der Waals surface area contributed by atoms with E-state index in [1.165, 1.54) is 19.1 Å². The molecule has 4 N–H and O–H groups in total. The fraction of sp³-hybridized carbons (Fsp3) is 0.432. The highest BCUT2D eigenvalue weighted by molar-refractivity contribution is 7.98. The lowest BCUT2D eigenvalue weighted by molar-refractivity contribution is -0.155. The molecule has 3 aromatic rings. The first-order chi connectivity index (χ1) is 23.0. The Labute approximate surface area is 284 Å². The number of ether oxygens (including phenoxy) is 1. The number of aliphatic carboxylic acids is 2. The van der Waals surface area contributed by atoms with Crippen molar-refractivity contribution in [3.63, 3.8) is 0 Å². The third-order valence-corrected chi connectivity index (χ3v) is 9.64. The quantitative estimate of drug-likeness (QED) is 0.0909. The van der Waals surface area contributed by atoms with E-state index in [4.69, 9.17) is 14.9 Å². The predicted molar refractivity (Wildman–Crippen MR) is 182 cm³/mol. The molecule has 0 bridgehead atoms. The van der Waals surface area contributed by atoms with Crippen molar-refractivity contribution in [2.45, 2.75) is 76.3 Å². The van der Waals surface area contributed by atoms with Crippen molar-refractivity contribution in [2.75, 3.05) is 16.9 Å². The third-order valence-electron chi connectivity index (χ3n) is 8.92. The average molecular weight is 682 g/mol. The normalized spacial score (nSPS) is 18.6. The van der Waals surface area contributed by atoms with Crippen molar-refractivity contribution in [1.82, 2.24) is 0 Å². The van der Waals surface area contributed by atoms with Crippen LogP contribution in [0.25, 0.3) is 0 Å². The number of esters is 1. The Morgan fingerprint density at radius 1 is 0.875 bits per heavy atom. The van der Waals surface area contributed by atoms with Crippen LogP contribution in [-0.2, 0) is 32.0 Å². The molecule has 2 unspecified atom stereocenters. The molecular formula is C37H44FNO8S. The number of aliphatic hydroxyl groups excluding tert-OH is 2. The molecule has 1 aliphatic rings. The van der Waals surface area contributed by atoms with E-state index in [9.17, 15) is 29.0 Å². The maximum absolute atomic E-state index is 13.6. The Kier molecular flexibility index (Phi) is 13.4. The van der Waals surface area contributed by atoms with Gasteiger partial charge in [-0.2, -0.15) is 11.8 Å². The lowest BCUT2D eigenvalue weighted by Gasteiger charge is -2.54. The second-order valence-electron chi connectivity index (χ2n) is 12.3. The monoisotopic (exact) mass is 681 g/mol. The number of aliphatic hydroxyl groups is 2. The molecule has 1 fully saturated rings. The van der Waals surface area contributed by atoms with Crippen LogP contribution in [0.15, 0.2) is 72.8 Å². The zero-order chi connectivity index (χ0) is 34.8. The number of thioether (sulfide) groups is 1. The first kappa shape index (κ1) is 36.9. The maximum atomic E-state index is 13.6. The first-order valence-electron chi connectivity index (χ1n) is 16.2. The van der Waals surface area contributed by atoms with E-state index < -0.39 is 36.2 Å². The van der Waals surface area contributed by atoms with Gasteiger partial charge in [0, 0.05) is 24.3 Å². The second kappa shape index (κ2) is 17.5. The molecule has 258 valence electrons. The number of hydrogen-bond acceptors (Lipinski definition) is 8. The van der Waals surface area contributed by atoms with Crippen LogP contribution in [0.3, 0.4) is 0 Å². The van der Waals surface area contributed by atoms with Gasteiger partial charge < -0.3 is 30.1 Å². The molecule has 0 amide bonds. The van der Waals surface area contributed by atoms with Crippen LogP contribution < -0.4 is 4.90 Å². The van der Waals surface area contributed by atoms with Gasteiger partial charge >= 0.3 is 17.9 Å². The summed E-state index contributed by atoms with van der Waals surface area (Å²) in [6.45, 7) is 1.33. The molecule has 0 aliphatic carbocycles. The third kappa shape index (κ3) is 9.81. The van der Waals surface area contributed by atoms with Crippen LogP contribution in [0.1, 0.15) is 73.4 Å². The number of benzene rings is 3. The fourth-order valence-electron chi connectivity index (χ4n) is 6.37. The maximum Gasteiger partial charge on any atom is 0.317 e. The van der Waals surface area contributed by atoms with Gasteiger partial charge in [-0.3, -0.25) is 14.4 Å². The van der Waals surface area contributed by atoms with Gasteiger partial charge in [0.15, 0.2) is 5.92 Å². The van der Waals surface area contributed by atoms with Crippen LogP contribution in [0.5, 0.6) is 0 Å². The van der Waals surface area contributed by atoms with Crippen molar-refractivity contribution in [1.29, 1.82) is 0 Å². The van der Waals surface area contributed by atoms with Gasteiger partial charge in [-0.25, -0.2) is 4.39 Å². The number of carbonyl (C=O) groups is 3. The summed E-state index contributed by atoms with van der Waals surface area (Å²) in [5.41, 5.74) is 4.49. The number of carbonyl (C=O) groups excluding carboxylic acids is 1. The Balaban J connectivity index is 1.52. The summed E-state index contributed by atoms with van der Waals surface area (Å²) in [6.07, 6.45) is 3.45. The highest BCUT2D eigenvalue weighted by Gasteiger charge is 2.48. The lowest BCUT2D eigenvalue weighted by atomic mass is 9.77. The van der Waals surface area contributed by atoms with Crippen molar-refractivity contribution < 1.29 is 43.9 Å². The van der Waals surface area contributed by atoms with E-state index in [1.54, 1.807) is 23.9 Å². The van der Waals surface area contributed by atoms with Gasteiger partial charge in [0.1, 0.15) is 18.1 Å². The van der Waals surface area contributed by atoms with Gasteiger partial charge in [-0.1, -0.05) is 48.5 Å². The van der Waals surface area contributed by atoms with Crippen molar-refractivity contribution in [2.24, 2.45) is 11.8 Å². The summed E-state index contributed by atoms with van der Waals surface area (Å²) < 4.78 is 19.2. The lowest BCUT2D eigenvalue weighted by Crippen LogP contribution is -2.58. The van der Waals surface area contributed by atoms with E-state index in [0.29, 0.717) is 43.4 Å². The summed E-state index contributed by atoms with van der Waals surface area (Å²) in [6, 6.07) is 21.4. The molecule has 0 saturated carbocycles. The molecule has 1 aliphatic heterocycles. The van der Waals surface area contributed by atoms with Gasteiger partial charge in [0.25, 0.3) is 0 Å². The summed E-state index contributed by atoms with van der Waals surface area (Å²) in [5.74, 6) is -4.50. The van der Waals surface area contributed by atoms with Crippen LogP contribution in [0.2, 0.25) is 0 Å². The Morgan fingerprint density at radius 2 is 1.48 bits per heavy atom. The van der Waals surface area contributed by atoms with Gasteiger partial charge in [-0.15, -0.1) is 0 Å². The molecule has 9 nitrogen and oxygen atoms in total. The SMILES string of the molecule is CSCC(O)CCc1ccc(N2C(O)[C@H](CC[C@H](OC(C)=O)c3ccc(F)cc3)[C@H]2c2ccc(CCCC(C(=O)O)C(=O)O)cc2)cc1. The number of nitrogens with zero attached hydrogens (tertiary/aromatic N) is 1. The Bertz CT molecular complexity index is 1490. The largest absolute Gasteiger partial charge is 0.481 e. The molecule has 5 atom stereocenters. The van der Waals surface area contributed by atoms with Gasteiger partial charge in [0.2, 0.25) is 0 Å². The topological polar surface area (TPSA) is 145 Å². The van der Waals surface area contributed by atoms with Crippen LogP contribution in [-0.4, -0.2) is 62.7 Å². The molecule has 11 heteroatoms. The fourth-order valence-corrected chi connectivity index (χ4v) is 6.92. The van der Waals surface area contributed by atoms with Crippen LogP contribution in [0, 0.1) is 17.7 Å². The number of halogens is 1. The zero-order valence-corrected chi connectivity index (χ0v) is 28.0. The van der Waals surface area contributed by atoms with Crippen molar-refractivity contribution in [3.05, 3.63) is 101 Å². The minimum absolute atomic E-state index is 0.0289. The van der Waals surface area contributed by atoms with Crippen LogP contribution >= 0.6 is 11.8 Å². The molecular weight excluding hydrogens is 637 g/mol. The van der Waals surface area contributed by atoms with E-state index in [1.807, 2.05) is 59.7 Å². The number of carboxylic acids is 2. The highest BCUT2D eigenvalue weighted by atomic mass is 32.2. The van der Waals surface area contributed by atoms with Crippen molar-refractivity contribution in [3.8, 4) is 0 Å². The highest BCUT2D eigenvalue weighted by Crippen LogP contribution is 2.49. The minimum atomic E-state index is -1.44. The molecule has 0 radical (unpaired) electrons. The van der Waals surface area contributed by atoms with E-state index in [2.05, 4.69) is 0 Å². The predicted octanol–water partition coefficient (Wildman–Crippen LogP) is 6.17. The van der Waals surface area contributed by atoms with Crippen LogP contribution in [0.4, 0.5) is 10.1 Å². The number of rotatable bonds is 18. The van der Waals surface area contributed by atoms with E-state index >= 15 is 0 Å². The Morgan fingerprint density at radius 3 is 2.06 bits per heavy atom. The average Bonchev–Trinajstić information content (AvgIpc) is 3.05. The molecule has 0 aromatic heterocycles. The standard InChI is InChI=1S/C37H44FNO8S/c1-23(40)47-33(26-13-15-28(38)16-14-26)21-20-31-34(27-11-6-24(7-12-27)4-3-5-32(36(43)44)37(45)46)39(35(31)42)29-17-8-25(9-18-29)10-19-30(41)22-48-2/h6-9,11-18,30-35,41-42H,3-5,10,19-22H2,1-2H3,(H,43,44)(H,45,46)/t30?,31-,33+,34-,35?/m1/s1. The number of hydrogen-bond donors (Lipinski definition) is 4. The number of carboxylic acid groups (broad SMARTS) is 2. The molecule has 48 heavy (non-hydrogen) atoms. The number of aryl methyl sites for hydroxylation is 2. The molecule has 4 rings (SSSR count). The second-order valence-corrected chi connectivity index (χ2v) is 13.2. The van der Waals surface area contributed by atoms with E-state index in [-0.39, 0.29) is 30.3 Å². The first-order valence-corrected chi connectivity index (χ1v) is 17.6. The smallest absolute Gasteiger partial charge is 0.317 e. The Hall–Kier alpha value is -3.93. The van der Waals surface area contributed by atoms with Gasteiger partial charge in [0.05, 0.1) is 12.1 Å². The summed E-state index contributed by atoms with van der Waals surface area (Å²) in [7, 11) is 0. The minimum Gasteiger partial charge on any atom is -0.481 e. The molecule has 0 spiro atoms. The van der Waals surface area contributed by atoms with E-state index in [0.717, 1.165) is 28.8 Å². The zero-order valence-electron chi connectivity index (χ0n) is 27.2. The molecule has 3 aromatic carbocycles.